The number of hydrogen-bond acceptors (Lipinski definition) is 3. The quantitative estimate of drug-likeness (QED) is 0.370. The van der Waals surface area contributed by atoms with Crippen LogP contribution in [0.2, 0.25) is 0 Å². The number of sulfonamides is 1. The first-order chi connectivity index (χ1) is 13.8. The second-order valence-corrected chi connectivity index (χ2v) is 10.6. The largest absolute Gasteiger partial charge is 0.481 e. The average molecular weight is 482 g/mol. The monoisotopic (exact) mass is 481 g/mol. The highest BCUT2D eigenvalue weighted by atomic mass is 79.9. The summed E-state index contributed by atoms with van der Waals surface area (Å²) in [7, 11) is -3.49. The van der Waals surface area contributed by atoms with Crippen LogP contribution in [0.5, 0.6) is 0 Å². The SMILES string of the molecule is O=C(O)CCCC=CC1C2CCC(C2)C1CNS(=O)(=O)C=Cc1cccc(Br)c1. The van der Waals surface area contributed by atoms with Gasteiger partial charge in [-0.1, -0.05) is 40.2 Å². The zero-order valence-corrected chi connectivity index (χ0v) is 18.7. The fourth-order valence-electron chi connectivity index (χ4n) is 4.72. The van der Waals surface area contributed by atoms with E-state index >= 15 is 0 Å². The van der Waals surface area contributed by atoms with Crippen LogP contribution in [0.4, 0.5) is 0 Å². The molecule has 2 N–H and O–H groups in total. The van der Waals surface area contributed by atoms with Crippen molar-refractivity contribution < 1.29 is 18.3 Å². The number of aliphatic carboxylic acids is 1. The number of allylic oxidation sites excluding steroid dienone is 2. The fourth-order valence-corrected chi connectivity index (χ4v) is 6.00. The van der Waals surface area contributed by atoms with Crippen LogP contribution in [-0.2, 0) is 14.8 Å². The van der Waals surface area contributed by atoms with Gasteiger partial charge in [0.2, 0.25) is 10.0 Å². The first-order valence-electron chi connectivity index (χ1n) is 10.2. The van der Waals surface area contributed by atoms with Crippen molar-refractivity contribution in [1.29, 1.82) is 0 Å². The van der Waals surface area contributed by atoms with Gasteiger partial charge in [-0.05, 0) is 79.5 Å². The van der Waals surface area contributed by atoms with E-state index in [9.17, 15) is 13.2 Å². The van der Waals surface area contributed by atoms with Crippen molar-refractivity contribution in [3.8, 4) is 0 Å². The summed E-state index contributed by atoms with van der Waals surface area (Å²) in [6.07, 6.45) is 11.0. The Morgan fingerprint density at radius 3 is 2.83 bits per heavy atom. The maximum absolute atomic E-state index is 12.4. The summed E-state index contributed by atoms with van der Waals surface area (Å²) in [5.74, 6) is 1.14. The molecule has 0 heterocycles. The molecular weight excluding hydrogens is 454 g/mol. The highest BCUT2D eigenvalue weighted by Crippen LogP contribution is 2.52. The number of nitrogens with one attached hydrogen (secondary N) is 1. The lowest BCUT2D eigenvalue weighted by atomic mass is 9.79. The molecule has 1 aromatic rings. The second kappa shape index (κ2) is 10.0. The van der Waals surface area contributed by atoms with Crippen LogP contribution in [-0.4, -0.2) is 26.0 Å². The van der Waals surface area contributed by atoms with E-state index in [-0.39, 0.29) is 6.42 Å². The minimum absolute atomic E-state index is 0.189. The topological polar surface area (TPSA) is 83.5 Å². The first kappa shape index (κ1) is 22.2. The van der Waals surface area contributed by atoms with Crippen molar-refractivity contribution >= 4 is 38.0 Å². The van der Waals surface area contributed by atoms with Gasteiger partial charge in [0.05, 0.1) is 0 Å². The summed E-state index contributed by atoms with van der Waals surface area (Å²) in [5.41, 5.74) is 0.826. The van der Waals surface area contributed by atoms with Gasteiger partial charge < -0.3 is 5.11 Å². The molecule has 3 rings (SSSR count). The second-order valence-electron chi connectivity index (χ2n) is 8.04. The van der Waals surface area contributed by atoms with Gasteiger partial charge in [-0.3, -0.25) is 4.79 Å². The van der Waals surface area contributed by atoms with Crippen LogP contribution in [0.15, 0.2) is 46.3 Å². The minimum atomic E-state index is -3.49. The van der Waals surface area contributed by atoms with Gasteiger partial charge in [0.25, 0.3) is 0 Å². The number of halogens is 1. The third kappa shape index (κ3) is 6.52. The molecule has 29 heavy (non-hydrogen) atoms. The standard InChI is InChI=1S/C22H28BrNO4S/c23-19-6-4-5-16(13-19)11-12-29(27,28)24-15-21-18-10-9-17(14-18)20(21)7-2-1-3-8-22(25)26/h2,4-7,11-13,17-18,20-21,24H,1,3,8-10,14-15H2,(H,25,26). The first-order valence-corrected chi connectivity index (χ1v) is 12.5. The molecule has 4 atom stereocenters. The van der Waals surface area contributed by atoms with Gasteiger partial charge in [0, 0.05) is 22.8 Å². The van der Waals surface area contributed by atoms with Crippen LogP contribution >= 0.6 is 15.9 Å². The molecule has 2 bridgehead atoms. The Morgan fingerprint density at radius 2 is 2.07 bits per heavy atom. The van der Waals surface area contributed by atoms with E-state index in [1.807, 2.05) is 24.3 Å². The number of unbranched alkanes of at least 4 members (excludes halogenated alkanes) is 1. The summed E-state index contributed by atoms with van der Waals surface area (Å²) < 4.78 is 28.6. The third-order valence-electron chi connectivity index (χ3n) is 6.09. The van der Waals surface area contributed by atoms with Crippen molar-refractivity contribution in [2.75, 3.05) is 6.54 Å². The van der Waals surface area contributed by atoms with E-state index in [0.717, 1.165) is 16.5 Å². The fraction of sp³-hybridized carbons (Fsp3) is 0.500. The van der Waals surface area contributed by atoms with Crippen LogP contribution in [0.25, 0.3) is 6.08 Å². The van der Waals surface area contributed by atoms with Crippen molar-refractivity contribution in [2.24, 2.45) is 23.7 Å². The molecule has 0 amide bonds. The Hall–Kier alpha value is -1.44. The van der Waals surface area contributed by atoms with Crippen molar-refractivity contribution in [2.45, 2.75) is 38.5 Å². The number of carboxylic acid groups (broad SMARTS) is 1. The van der Waals surface area contributed by atoms with Crippen LogP contribution in [0.1, 0.15) is 44.1 Å². The molecule has 2 saturated carbocycles. The van der Waals surface area contributed by atoms with Crippen LogP contribution in [0, 0.1) is 23.7 Å². The number of carbonyl (C=O) groups is 1. The van der Waals surface area contributed by atoms with Crippen molar-refractivity contribution in [1.82, 2.24) is 4.72 Å². The molecule has 2 aliphatic rings. The Labute approximate surface area is 181 Å². The number of carboxylic acids is 1. The van der Waals surface area contributed by atoms with Crippen LogP contribution in [0.3, 0.4) is 0 Å². The van der Waals surface area contributed by atoms with Gasteiger partial charge in [0.1, 0.15) is 0 Å². The molecule has 0 aromatic heterocycles. The Balaban J connectivity index is 1.56. The number of hydrogen-bond donors (Lipinski definition) is 2. The van der Waals surface area contributed by atoms with Gasteiger partial charge in [-0.25, -0.2) is 13.1 Å². The number of fused-ring (bicyclic) bond motifs is 2. The summed E-state index contributed by atoms with van der Waals surface area (Å²) in [4.78, 5) is 10.6. The van der Waals surface area contributed by atoms with E-state index < -0.39 is 16.0 Å². The smallest absolute Gasteiger partial charge is 0.303 e. The van der Waals surface area contributed by atoms with Crippen molar-refractivity contribution in [3.05, 3.63) is 51.9 Å². The van der Waals surface area contributed by atoms with E-state index in [2.05, 4.69) is 32.8 Å². The highest BCUT2D eigenvalue weighted by molar-refractivity contribution is 9.10. The zero-order chi connectivity index (χ0) is 20.9. The maximum atomic E-state index is 12.4. The molecule has 158 valence electrons. The predicted molar refractivity (Wildman–Crippen MR) is 119 cm³/mol. The van der Waals surface area contributed by atoms with Crippen LogP contribution < -0.4 is 4.72 Å². The maximum Gasteiger partial charge on any atom is 0.303 e. The summed E-state index contributed by atoms with van der Waals surface area (Å²) in [5, 5.41) is 9.97. The Morgan fingerprint density at radius 1 is 1.28 bits per heavy atom. The van der Waals surface area contributed by atoms with Gasteiger partial charge in [0.15, 0.2) is 0 Å². The lowest BCUT2D eigenvalue weighted by molar-refractivity contribution is -0.137. The van der Waals surface area contributed by atoms with E-state index in [1.54, 1.807) is 6.08 Å². The highest BCUT2D eigenvalue weighted by Gasteiger charge is 2.46. The number of benzene rings is 1. The molecule has 2 fully saturated rings. The molecule has 0 saturated heterocycles. The van der Waals surface area contributed by atoms with Gasteiger partial charge >= 0.3 is 5.97 Å². The lowest BCUT2D eigenvalue weighted by Gasteiger charge is -2.29. The van der Waals surface area contributed by atoms with E-state index in [4.69, 9.17) is 5.11 Å². The Kier molecular flexibility index (Phi) is 7.71. The molecule has 5 nitrogen and oxygen atoms in total. The van der Waals surface area contributed by atoms with E-state index in [1.165, 1.54) is 24.7 Å². The molecule has 0 aliphatic heterocycles. The molecule has 0 spiro atoms. The zero-order valence-electron chi connectivity index (χ0n) is 16.3. The summed E-state index contributed by atoms with van der Waals surface area (Å²) in [6.45, 7) is 0.455. The molecule has 0 radical (unpaired) electrons. The number of rotatable bonds is 10. The van der Waals surface area contributed by atoms with Gasteiger partial charge in [-0.15, -0.1) is 0 Å². The predicted octanol–water partition coefficient (Wildman–Crippen LogP) is 4.81. The Bertz CT molecular complexity index is 881. The summed E-state index contributed by atoms with van der Waals surface area (Å²) in [6, 6.07) is 7.49. The average Bonchev–Trinajstić information content (AvgIpc) is 3.26. The van der Waals surface area contributed by atoms with E-state index in [0.29, 0.717) is 36.6 Å². The molecule has 2 aliphatic carbocycles. The lowest BCUT2D eigenvalue weighted by Crippen LogP contribution is -2.34. The molecule has 4 unspecified atom stereocenters. The van der Waals surface area contributed by atoms with Gasteiger partial charge in [-0.2, -0.15) is 0 Å². The normalized spacial score (nSPS) is 26.7. The molecule has 1 aromatic carbocycles. The van der Waals surface area contributed by atoms with Crippen molar-refractivity contribution in [3.63, 3.8) is 0 Å². The molecular formula is C22H28BrNO4S. The third-order valence-corrected chi connectivity index (χ3v) is 7.64. The minimum Gasteiger partial charge on any atom is -0.481 e. The molecule has 7 heteroatoms. The summed E-state index contributed by atoms with van der Waals surface area (Å²) >= 11 is 3.39.